The van der Waals surface area contributed by atoms with Crippen LogP contribution in [0.3, 0.4) is 0 Å². The summed E-state index contributed by atoms with van der Waals surface area (Å²) in [6, 6.07) is 8.12. The number of pyridine rings is 1. The van der Waals surface area contributed by atoms with Gasteiger partial charge in [0, 0.05) is 15.1 Å². The van der Waals surface area contributed by atoms with E-state index in [0.29, 0.717) is 10.0 Å². The second-order valence-corrected chi connectivity index (χ2v) is 5.55. The molecule has 2 rings (SSSR count). The van der Waals surface area contributed by atoms with Crippen molar-refractivity contribution < 1.29 is 14.7 Å². The smallest absolute Gasteiger partial charge is 0.356 e. The van der Waals surface area contributed by atoms with Crippen LogP contribution in [0, 0.1) is 0 Å². The summed E-state index contributed by atoms with van der Waals surface area (Å²) < 4.78 is 1.43. The van der Waals surface area contributed by atoms with Crippen molar-refractivity contribution in [3.63, 3.8) is 0 Å². The fraction of sp³-hybridized carbons (Fsp3) is 0. The van der Waals surface area contributed by atoms with E-state index < -0.39 is 11.9 Å². The summed E-state index contributed by atoms with van der Waals surface area (Å²) in [5, 5.41) is 11.6. The van der Waals surface area contributed by atoms with Crippen LogP contribution in [0.4, 0.5) is 5.69 Å². The molecule has 1 amide bonds. The van der Waals surface area contributed by atoms with Crippen molar-refractivity contribution in [3.05, 3.63) is 56.7 Å². The van der Waals surface area contributed by atoms with E-state index in [2.05, 4.69) is 42.2 Å². The van der Waals surface area contributed by atoms with Crippen LogP contribution in [-0.4, -0.2) is 22.0 Å². The number of anilines is 1. The number of halogens is 2. The number of carbonyl (C=O) groups excluding carboxylic acids is 1. The maximum Gasteiger partial charge on any atom is 0.356 e. The highest BCUT2D eigenvalue weighted by Crippen LogP contribution is 2.23. The number of rotatable bonds is 3. The van der Waals surface area contributed by atoms with Crippen LogP contribution >= 0.6 is 31.9 Å². The van der Waals surface area contributed by atoms with E-state index in [1.807, 2.05) is 0 Å². The van der Waals surface area contributed by atoms with E-state index in [1.165, 1.54) is 12.3 Å². The second kappa shape index (κ2) is 6.15. The van der Waals surface area contributed by atoms with Crippen LogP contribution in [0.1, 0.15) is 20.8 Å². The first-order valence-corrected chi connectivity index (χ1v) is 7.02. The SMILES string of the molecule is O=C(Nc1cccnc1C(=O)O)c1ccc(Br)cc1Br. The van der Waals surface area contributed by atoms with Crippen LogP contribution in [0.25, 0.3) is 0 Å². The van der Waals surface area contributed by atoms with E-state index in [4.69, 9.17) is 5.11 Å². The van der Waals surface area contributed by atoms with Crippen LogP contribution in [0.5, 0.6) is 0 Å². The third kappa shape index (κ3) is 3.23. The van der Waals surface area contributed by atoms with E-state index >= 15 is 0 Å². The van der Waals surface area contributed by atoms with Gasteiger partial charge in [-0.2, -0.15) is 0 Å². The molecule has 2 N–H and O–H groups in total. The summed E-state index contributed by atoms with van der Waals surface area (Å²) in [7, 11) is 0. The molecule has 1 aromatic heterocycles. The molecule has 0 fully saturated rings. The maximum absolute atomic E-state index is 12.1. The predicted octanol–water partition coefficient (Wildman–Crippen LogP) is 3.56. The highest BCUT2D eigenvalue weighted by molar-refractivity contribution is 9.11. The standard InChI is InChI=1S/C13H8Br2N2O3/c14-7-3-4-8(9(15)6-7)12(18)17-10-2-1-5-16-11(10)13(19)20/h1-6H,(H,17,18)(H,19,20). The summed E-state index contributed by atoms with van der Waals surface area (Å²) in [4.78, 5) is 26.9. The average Bonchev–Trinajstić information content (AvgIpc) is 2.38. The molecule has 1 aromatic carbocycles. The molecule has 0 radical (unpaired) electrons. The molecule has 2 aromatic rings. The molecule has 20 heavy (non-hydrogen) atoms. The molecule has 0 spiro atoms. The Bertz CT molecular complexity index is 689. The Labute approximate surface area is 131 Å². The lowest BCUT2D eigenvalue weighted by molar-refractivity contribution is 0.0692. The number of carbonyl (C=O) groups is 2. The number of hydrogen-bond donors (Lipinski definition) is 2. The molecule has 7 heteroatoms. The lowest BCUT2D eigenvalue weighted by Crippen LogP contribution is -2.16. The number of carboxylic acids is 1. The first kappa shape index (κ1) is 14.7. The fourth-order valence-corrected chi connectivity index (χ4v) is 2.77. The topological polar surface area (TPSA) is 79.3 Å². The minimum absolute atomic E-state index is 0.153. The Hall–Kier alpha value is -1.73. The molecule has 1 heterocycles. The first-order valence-electron chi connectivity index (χ1n) is 5.44. The van der Waals surface area contributed by atoms with Gasteiger partial charge in [-0.3, -0.25) is 4.79 Å². The van der Waals surface area contributed by atoms with Crippen molar-refractivity contribution in [2.24, 2.45) is 0 Å². The maximum atomic E-state index is 12.1. The van der Waals surface area contributed by atoms with Crippen molar-refractivity contribution in [2.45, 2.75) is 0 Å². The van der Waals surface area contributed by atoms with E-state index in [-0.39, 0.29) is 11.4 Å². The van der Waals surface area contributed by atoms with Crippen molar-refractivity contribution in [3.8, 4) is 0 Å². The summed E-state index contributed by atoms with van der Waals surface area (Å²) in [6.07, 6.45) is 1.36. The van der Waals surface area contributed by atoms with Crippen LogP contribution in [-0.2, 0) is 0 Å². The van der Waals surface area contributed by atoms with Gasteiger partial charge < -0.3 is 10.4 Å². The molecule has 0 aliphatic rings. The number of amides is 1. The van der Waals surface area contributed by atoms with Gasteiger partial charge in [-0.15, -0.1) is 0 Å². The summed E-state index contributed by atoms with van der Waals surface area (Å²) in [5.41, 5.74) is 0.349. The zero-order valence-corrected chi connectivity index (χ0v) is 13.1. The minimum Gasteiger partial charge on any atom is -0.476 e. The van der Waals surface area contributed by atoms with Crippen molar-refractivity contribution in [2.75, 3.05) is 5.32 Å². The van der Waals surface area contributed by atoms with E-state index in [9.17, 15) is 9.59 Å². The highest BCUT2D eigenvalue weighted by Gasteiger charge is 2.16. The number of carboxylic acid groups (broad SMARTS) is 1. The Morgan fingerprint density at radius 1 is 1.20 bits per heavy atom. The van der Waals surface area contributed by atoms with Crippen molar-refractivity contribution >= 4 is 49.4 Å². The van der Waals surface area contributed by atoms with Gasteiger partial charge in [0.05, 0.1) is 11.3 Å². The molecule has 0 saturated carbocycles. The molecule has 0 atom stereocenters. The summed E-state index contributed by atoms with van der Waals surface area (Å²) >= 11 is 6.58. The van der Waals surface area contributed by atoms with Crippen molar-refractivity contribution in [1.29, 1.82) is 0 Å². The Morgan fingerprint density at radius 3 is 2.60 bits per heavy atom. The number of aromatic carboxylic acids is 1. The van der Waals surface area contributed by atoms with E-state index in [1.54, 1.807) is 24.3 Å². The van der Waals surface area contributed by atoms with E-state index in [0.717, 1.165) is 4.47 Å². The molecule has 0 unspecified atom stereocenters. The quantitative estimate of drug-likeness (QED) is 0.826. The van der Waals surface area contributed by atoms with Gasteiger partial charge >= 0.3 is 5.97 Å². The zero-order valence-electron chi connectivity index (χ0n) is 9.93. The van der Waals surface area contributed by atoms with Gasteiger partial charge in [0.15, 0.2) is 5.69 Å². The Kier molecular flexibility index (Phi) is 4.51. The van der Waals surface area contributed by atoms with Crippen LogP contribution in [0.2, 0.25) is 0 Å². The number of aromatic nitrogens is 1. The molecule has 0 bridgehead atoms. The average molecular weight is 400 g/mol. The highest BCUT2D eigenvalue weighted by atomic mass is 79.9. The normalized spacial score (nSPS) is 10.1. The van der Waals surface area contributed by atoms with Crippen LogP contribution < -0.4 is 5.32 Å². The largest absolute Gasteiger partial charge is 0.476 e. The Balaban J connectivity index is 2.30. The number of nitrogens with zero attached hydrogens (tertiary/aromatic N) is 1. The number of hydrogen-bond acceptors (Lipinski definition) is 3. The lowest BCUT2D eigenvalue weighted by Gasteiger charge is -2.09. The number of benzene rings is 1. The molecular formula is C13H8Br2N2O3. The molecule has 102 valence electrons. The molecular weight excluding hydrogens is 392 g/mol. The minimum atomic E-state index is -1.20. The molecule has 0 aliphatic carbocycles. The van der Waals surface area contributed by atoms with Gasteiger partial charge in [0.1, 0.15) is 0 Å². The van der Waals surface area contributed by atoms with Gasteiger partial charge in [-0.05, 0) is 46.3 Å². The van der Waals surface area contributed by atoms with Crippen LogP contribution in [0.15, 0.2) is 45.5 Å². The monoisotopic (exact) mass is 398 g/mol. The summed E-state index contributed by atoms with van der Waals surface area (Å²) in [6.45, 7) is 0. The third-order valence-electron chi connectivity index (χ3n) is 2.43. The molecule has 0 saturated heterocycles. The number of nitrogens with one attached hydrogen (secondary N) is 1. The Morgan fingerprint density at radius 2 is 1.95 bits per heavy atom. The van der Waals surface area contributed by atoms with Gasteiger partial charge in [-0.25, -0.2) is 9.78 Å². The van der Waals surface area contributed by atoms with Crippen molar-refractivity contribution in [1.82, 2.24) is 4.98 Å². The lowest BCUT2D eigenvalue weighted by atomic mass is 10.2. The molecule has 0 aliphatic heterocycles. The fourth-order valence-electron chi connectivity index (χ4n) is 1.54. The third-order valence-corrected chi connectivity index (χ3v) is 3.58. The molecule has 5 nitrogen and oxygen atoms in total. The van der Waals surface area contributed by atoms with Gasteiger partial charge in [-0.1, -0.05) is 15.9 Å². The van der Waals surface area contributed by atoms with Gasteiger partial charge in [0.2, 0.25) is 0 Å². The first-order chi connectivity index (χ1) is 9.49. The zero-order chi connectivity index (χ0) is 14.7. The van der Waals surface area contributed by atoms with Gasteiger partial charge in [0.25, 0.3) is 5.91 Å². The predicted molar refractivity (Wildman–Crippen MR) is 81.0 cm³/mol. The second-order valence-electron chi connectivity index (χ2n) is 3.78. The summed E-state index contributed by atoms with van der Waals surface area (Å²) in [5.74, 6) is -1.62.